The van der Waals surface area contributed by atoms with Gasteiger partial charge in [0.2, 0.25) is 5.91 Å². The summed E-state index contributed by atoms with van der Waals surface area (Å²) in [5.41, 5.74) is 3.21. The van der Waals surface area contributed by atoms with Crippen LogP contribution in [0.2, 0.25) is 0 Å². The summed E-state index contributed by atoms with van der Waals surface area (Å²) >= 11 is 1.35. The van der Waals surface area contributed by atoms with Crippen LogP contribution in [0.15, 0.2) is 48.5 Å². The summed E-state index contributed by atoms with van der Waals surface area (Å²) in [6.07, 6.45) is 5.20. The number of hydrogen-bond acceptors (Lipinski definition) is 6. The Labute approximate surface area is 140 Å². The molecule has 0 fully saturated rings. The van der Waals surface area contributed by atoms with Gasteiger partial charge in [0.15, 0.2) is 5.82 Å². The molecule has 0 saturated heterocycles. The number of hydrogen-bond donors (Lipinski definition) is 2. The van der Waals surface area contributed by atoms with E-state index in [1.807, 2.05) is 24.3 Å². The summed E-state index contributed by atoms with van der Waals surface area (Å²) in [6.45, 7) is 0. The molecule has 24 heavy (non-hydrogen) atoms. The number of fused-ring (bicyclic) bond motifs is 1. The number of aromatic nitrogens is 5. The molecule has 2 N–H and O–H groups in total. The van der Waals surface area contributed by atoms with E-state index in [2.05, 4.69) is 30.5 Å². The zero-order valence-corrected chi connectivity index (χ0v) is 13.2. The van der Waals surface area contributed by atoms with Gasteiger partial charge in [-0.2, -0.15) is 5.10 Å². The monoisotopic (exact) mass is 336 g/mol. The zero-order valence-electron chi connectivity index (χ0n) is 12.4. The number of nitrogens with one attached hydrogen (secondary N) is 2. The Morgan fingerprint density at radius 3 is 3.08 bits per heavy atom. The second-order valence-electron chi connectivity index (χ2n) is 5.10. The van der Waals surface area contributed by atoms with E-state index in [0.717, 1.165) is 16.3 Å². The van der Waals surface area contributed by atoms with Gasteiger partial charge in [0.05, 0.1) is 11.9 Å². The Morgan fingerprint density at radius 1 is 1.25 bits per heavy atom. The van der Waals surface area contributed by atoms with E-state index in [0.29, 0.717) is 16.5 Å². The molecule has 4 rings (SSSR count). The lowest BCUT2D eigenvalue weighted by Gasteiger charge is -2.07. The molecule has 0 spiro atoms. The quantitative estimate of drug-likeness (QED) is 0.597. The van der Waals surface area contributed by atoms with Crippen LogP contribution >= 0.6 is 11.3 Å². The summed E-state index contributed by atoms with van der Waals surface area (Å²) in [5.74, 6) is 0.423. The Hall–Kier alpha value is -3.13. The molecule has 118 valence electrons. The third-order valence-corrected chi connectivity index (χ3v) is 4.32. The van der Waals surface area contributed by atoms with Crippen LogP contribution in [-0.2, 0) is 11.2 Å². The average molecular weight is 336 g/mol. The highest BCUT2D eigenvalue weighted by Gasteiger charge is 2.15. The van der Waals surface area contributed by atoms with Crippen LogP contribution in [0.1, 0.15) is 5.56 Å². The number of H-pyrrole nitrogens is 1. The van der Waals surface area contributed by atoms with Crippen LogP contribution in [0.3, 0.4) is 0 Å². The number of carbonyl (C=O) groups is 1. The minimum Gasteiger partial charge on any atom is -0.315 e. The van der Waals surface area contributed by atoms with Crippen molar-refractivity contribution in [2.75, 3.05) is 5.32 Å². The van der Waals surface area contributed by atoms with Crippen molar-refractivity contribution in [1.82, 2.24) is 25.1 Å². The number of nitrogens with zero attached hydrogens (tertiary/aromatic N) is 4. The molecule has 0 radical (unpaired) electrons. The molecule has 8 heteroatoms. The summed E-state index contributed by atoms with van der Waals surface area (Å²) in [7, 11) is 0. The first-order chi connectivity index (χ1) is 11.8. The molecule has 0 atom stereocenters. The van der Waals surface area contributed by atoms with Gasteiger partial charge in [-0.05, 0) is 17.0 Å². The molecule has 1 aromatic carbocycles. The Morgan fingerprint density at radius 2 is 2.21 bits per heavy atom. The van der Waals surface area contributed by atoms with Crippen LogP contribution in [0.4, 0.5) is 5.00 Å². The van der Waals surface area contributed by atoms with Crippen molar-refractivity contribution < 1.29 is 4.79 Å². The lowest BCUT2D eigenvalue weighted by atomic mass is 10.0. The van der Waals surface area contributed by atoms with Crippen molar-refractivity contribution in [3.63, 3.8) is 0 Å². The van der Waals surface area contributed by atoms with Crippen molar-refractivity contribution >= 4 is 33.0 Å². The van der Waals surface area contributed by atoms with E-state index in [-0.39, 0.29) is 12.3 Å². The van der Waals surface area contributed by atoms with E-state index in [9.17, 15) is 4.79 Å². The molecule has 0 aliphatic carbocycles. The van der Waals surface area contributed by atoms with Crippen molar-refractivity contribution in [1.29, 1.82) is 0 Å². The van der Waals surface area contributed by atoms with Crippen molar-refractivity contribution in [2.24, 2.45) is 0 Å². The largest absolute Gasteiger partial charge is 0.315 e. The van der Waals surface area contributed by atoms with Crippen LogP contribution < -0.4 is 5.32 Å². The highest BCUT2D eigenvalue weighted by molar-refractivity contribution is 7.14. The Kier molecular flexibility index (Phi) is 3.72. The van der Waals surface area contributed by atoms with Gasteiger partial charge in [-0.1, -0.05) is 18.2 Å². The number of aromatic amines is 1. The molecular weight excluding hydrogens is 324 g/mol. The van der Waals surface area contributed by atoms with E-state index in [4.69, 9.17) is 0 Å². The lowest BCUT2D eigenvalue weighted by Crippen LogP contribution is -2.14. The number of carbonyl (C=O) groups excluding carboxylic acids is 1. The van der Waals surface area contributed by atoms with E-state index in [1.165, 1.54) is 17.7 Å². The summed E-state index contributed by atoms with van der Waals surface area (Å²) in [6, 6.07) is 7.78. The average Bonchev–Trinajstić information content (AvgIpc) is 3.26. The van der Waals surface area contributed by atoms with Crippen LogP contribution in [0.5, 0.6) is 0 Å². The van der Waals surface area contributed by atoms with Crippen molar-refractivity contribution in [3.05, 3.63) is 54.1 Å². The summed E-state index contributed by atoms with van der Waals surface area (Å²) < 4.78 is 0. The third kappa shape index (κ3) is 2.74. The van der Waals surface area contributed by atoms with E-state index < -0.39 is 0 Å². The number of benzene rings is 1. The standard InChI is InChI=1S/C16H12N6OS/c23-13(6-10-2-1-3-11-7-17-5-4-12(10)11)21-16-14(19-9-24-16)15-18-8-20-22-15/h1-5,7-9H,6H2,(H,21,23)(H,18,20,22). The molecule has 3 aromatic heterocycles. The fraction of sp³-hybridized carbons (Fsp3) is 0.0625. The van der Waals surface area contributed by atoms with Gasteiger partial charge in [-0.25, -0.2) is 9.97 Å². The number of amides is 1. The molecule has 0 unspecified atom stereocenters. The highest BCUT2D eigenvalue weighted by Crippen LogP contribution is 2.28. The molecule has 4 aromatic rings. The number of pyridine rings is 1. The summed E-state index contributed by atoms with van der Waals surface area (Å²) in [4.78, 5) is 24.9. The molecule has 3 heterocycles. The van der Waals surface area contributed by atoms with Gasteiger partial charge in [0.25, 0.3) is 0 Å². The zero-order chi connectivity index (χ0) is 16.4. The molecule has 0 saturated carbocycles. The molecule has 0 bridgehead atoms. The van der Waals surface area contributed by atoms with Gasteiger partial charge < -0.3 is 5.32 Å². The maximum absolute atomic E-state index is 12.5. The molecule has 7 nitrogen and oxygen atoms in total. The van der Waals surface area contributed by atoms with Crippen molar-refractivity contribution in [2.45, 2.75) is 6.42 Å². The first kappa shape index (κ1) is 14.5. The topological polar surface area (TPSA) is 96.5 Å². The van der Waals surface area contributed by atoms with Crippen LogP contribution in [-0.4, -0.2) is 31.1 Å². The fourth-order valence-corrected chi connectivity index (χ4v) is 3.21. The molecule has 0 aliphatic rings. The normalized spacial score (nSPS) is 10.8. The minimum atomic E-state index is -0.107. The second kappa shape index (κ2) is 6.17. The van der Waals surface area contributed by atoms with Crippen LogP contribution in [0, 0.1) is 0 Å². The van der Waals surface area contributed by atoms with Gasteiger partial charge in [-0.15, -0.1) is 11.3 Å². The first-order valence-electron chi connectivity index (χ1n) is 7.22. The van der Waals surface area contributed by atoms with Crippen molar-refractivity contribution in [3.8, 4) is 11.5 Å². The van der Waals surface area contributed by atoms with E-state index in [1.54, 1.807) is 17.9 Å². The smallest absolute Gasteiger partial charge is 0.229 e. The van der Waals surface area contributed by atoms with Gasteiger partial charge in [0, 0.05) is 17.8 Å². The first-order valence-corrected chi connectivity index (χ1v) is 8.10. The maximum Gasteiger partial charge on any atom is 0.229 e. The van der Waals surface area contributed by atoms with Gasteiger partial charge >= 0.3 is 0 Å². The predicted molar refractivity (Wildman–Crippen MR) is 91.6 cm³/mol. The third-order valence-electron chi connectivity index (χ3n) is 3.58. The van der Waals surface area contributed by atoms with Gasteiger partial charge in [0.1, 0.15) is 17.0 Å². The lowest BCUT2D eigenvalue weighted by molar-refractivity contribution is -0.115. The summed E-state index contributed by atoms with van der Waals surface area (Å²) in [5, 5.41) is 12.2. The van der Waals surface area contributed by atoms with E-state index >= 15 is 0 Å². The maximum atomic E-state index is 12.5. The predicted octanol–water partition coefficient (Wildman–Crippen LogP) is 2.66. The molecular formula is C16H12N6OS. The minimum absolute atomic E-state index is 0.107. The number of rotatable bonds is 4. The second-order valence-corrected chi connectivity index (χ2v) is 5.96. The van der Waals surface area contributed by atoms with Crippen LogP contribution in [0.25, 0.3) is 22.3 Å². The Bertz CT molecular complexity index is 989. The number of anilines is 1. The highest BCUT2D eigenvalue weighted by atomic mass is 32.1. The molecule has 1 amide bonds. The fourth-order valence-electron chi connectivity index (χ4n) is 2.51. The van der Waals surface area contributed by atoms with Gasteiger partial charge in [-0.3, -0.25) is 14.9 Å². The Balaban J connectivity index is 1.57. The molecule has 0 aliphatic heterocycles. The number of thiazole rings is 1. The SMILES string of the molecule is O=C(Cc1cccc2cnccc12)Nc1scnc1-c1ncn[nH]1.